The number of nitrogen functional groups attached to an aromatic ring is 1. The molecule has 21 nitrogen and oxygen atoms in total. The van der Waals surface area contributed by atoms with Crippen molar-refractivity contribution < 1.29 is 67.5 Å². The van der Waals surface area contributed by atoms with Gasteiger partial charge in [0.05, 0.1) is 59.1 Å². The number of benzene rings is 5. The van der Waals surface area contributed by atoms with Crippen molar-refractivity contribution in [3.05, 3.63) is 221 Å². The maximum Gasteiger partial charge on any atom is 1.00 e. The van der Waals surface area contributed by atoms with Crippen molar-refractivity contribution in [2.75, 3.05) is 5.73 Å². The Kier molecular flexibility index (Phi) is 50.3. The Balaban J connectivity index is -0.000000284. The van der Waals surface area contributed by atoms with Crippen LogP contribution in [0.1, 0.15) is 177 Å². The van der Waals surface area contributed by atoms with E-state index in [2.05, 4.69) is 29.1 Å². The van der Waals surface area contributed by atoms with Gasteiger partial charge in [0.2, 0.25) is 5.79 Å². The van der Waals surface area contributed by atoms with E-state index in [-0.39, 0.29) is 168 Å². The first-order valence-electron chi connectivity index (χ1n) is 30.2. The first-order valence-corrected chi connectivity index (χ1v) is 35.5. The molecule has 5 heterocycles. The average Bonchev–Trinajstić information content (AvgIpc) is 0.819. The van der Waals surface area contributed by atoms with Gasteiger partial charge in [0, 0.05) is 125 Å². The summed E-state index contributed by atoms with van der Waals surface area (Å²) in [7, 11) is -3.83. The monoisotopic (exact) mass is 1720 g/mol. The minimum absolute atomic E-state index is 0. The number of allylic oxidation sites excluding steroid dienone is 1. The number of nitrogens with zero attached hydrogens (tertiary/aromatic N) is 1. The molecule has 585 valence electrons. The van der Waals surface area contributed by atoms with Crippen molar-refractivity contribution in [2.45, 2.75) is 158 Å². The van der Waals surface area contributed by atoms with E-state index in [4.69, 9.17) is 84.1 Å². The van der Waals surface area contributed by atoms with Gasteiger partial charge < -0.3 is 42.3 Å². The third kappa shape index (κ3) is 35.9. The number of pyridine rings is 4. The van der Waals surface area contributed by atoms with Crippen molar-refractivity contribution in [3.8, 4) is 0 Å². The van der Waals surface area contributed by atoms with Crippen LogP contribution >= 0.6 is 111 Å². The number of nitrogens with one attached hydrogen (secondary N) is 5. The van der Waals surface area contributed by atoms with E-state index < -0.39 is 43.5 Å². The number of hydrogen-bond donors (Lipinski definition) is 8. The Morgan fingerprint density at radius 2 is 0.925 bits per heavy atom. The number of aromatic amines is 4. The molecule has 0 fully saturated rings. The largest absolute Gasteiger partial charge is 1.00 e. The molecular weight excluding hydrogens is 1620 g/mol. The SMILES string of the molecule is C.C.CC(=N[S@@](=O)C(C)(C)C)c1cc2cc(Cl)ccc2[nH]c1=O.CC(=O)c1cc2cc(Cl)ccc2[nH]c1=O.CC(C)(C)[S@@](N)=O.CC1=CC(=O)OC(C)(C)O1.C[C@H](N)c1cc2cc(Cl)ccc2[nH]c1=O.C[C@H](N[S@@](=O)C(C)(C)C)c1cc2cc(Cl)ccc2[nH]c1=O.Cl.Nc1ccc(Cl)cc1C=O.S.S.S.[B].[H-].[Na+]. The number of esters is 1. The standard InChI is InChI=1S/C15H19ClN2O2S.C15H17ClN2O2S.C11H11ClN2O.C11H8ClNO2.C7H6ClNO.C7H10O3.C4H11NOS.2CH4.B.ClH.Na.3H2S.H/c2*1-9(18-21(20)15(2,3)4)12-8-10-7-11(16)5-6-13(10)17-14(12)19;1-6(13)9-5-7-4-8(12)2-3-10(7)14-11(9)15;1-6(14)9-5-7-4-8(12)2-3-10(7)13-11(9)15;8-6-1-2-7(9)5(3-6)4-10;1-5-4-6(8)10-7(2,3)9-5;1-4(2,3)7(5)6;;;;;;;;;/h5-9,18H,1-4H3,(H,17,19);5-8H,1-4H3,(H,17,19);2-6H,13H2,1H3,(H,14,15);2-5H,1H3,(H,13,15);1-4H,9H2;4H,1-3H3;5H2,1-3H3;2*1H4;;1H;;3*1H2;/q;;;;;;;;;;;+1;;;;-1/t9-,21-;21-;6-;;;;7-;;;;;;;;;/m000...0........./s1. The van der Waals surface area contributed by atoms with Crippen molar-refractivity contribution in [2.24, 2.45) is 15.3 Å². The molecule has 0 saturated carbocycles. The van der Waals surface area contributed by atoms with E-state index in [0.717, 1.165) is 32.6 Å². The summed E-state index contributed by atoms with van der Waals surface area (Å²) in [6, 6.07) is 32.0. The van der Waals surface area contributed by atoms with E-state index in [0.29, 0.717) is 81.8 Å². The molecule has 10 rings (SSSR count). The van der Waals surface area contributed by atoms with Crippen molar-refractivity contribution in [1.82, 2.24) is 24.7 Å². The molecule has 1 aliphatic rings. The summed E-state index contributed by atoms with van der Waals surface area (Å²) in [6.07, 6.45) is 2.01. The summed E-state index contributed by atoms with van der Waals surface area (Å²) in [5.74, 6) is -0.788. The molecule has 0 saturated heterocycles. The summed E-state index contributed by atoms with van der Waals surface area (Å²) in [5.41, 5.74) is 16.1. The Morgan fingerprint density at radius 1 is 0.579 bits per heavy atom. The summed E-state index contributed by atoms with van der Waals surface area (Å²) in [4.78, 5) is 90.4. The molecule has 9 aromatic rings. The number of Topliss-reactive ketones (excluding diaryl/α,β-unsaturated/α-hetero) is 1. The Labute approximate surface area is 710 Å². The summed E-state index contributed by atoms with van der Waals surface area (Å²) < 4.78 is 50.6. The van der Waals surface area contributed by atoms with Crippen LogP contribution in [0.25, 0.3) is 43.6 Å². The zero-order valence-corrected chi connectivity index (χ0v) is 73.0. The maximum atomic E-state index is 12.2. The number of H-pyrrole nitrogens is 4. The fourth-order valence-corrected chi connectivity index (χ4v) is 10.5. The number of aromatic nitrogens is 4. The molecule has 3 radical (unpaired) electrons. The smallest absolute Gasteiger partial charge is 1.00 e. The van der Waals surface area contributed by atoms with Crippen LogP contribution < -0.4 is 73.1 Å². The molecule has 5 atom stereocenters. The summed E-state index contributed by atoms with van der Waals surface area (Å²) >= 11 is 29.2. The molecule has 0 spiro atoms. The number of cyclic esters (lactones) is 1. The van der Waals surface area contributed by atoms with E-state index in [9.17, 15) is 46.2 Å². The van der Waals surface area contributed by atoms with Crippen LogP contribution in [0.15, 0.2) is 151 Å². The van der Waals surface area contributed by atoms with Crippen LogP contribution in [0.4, 0.5) is 5.69 Å². The van der Waals surface area contributed by atoms with Gasteiger partial charge in [-0.1, -0.05) is 72.9 Å². The predicted octanol–water partition coefficient (Wildman–Crippen LogP) is 13.4. The normalized spacial score (nSPS) is 13.2. The zero-order valence-electron chi connectivity index (χ0n) is 62.0. The quantitative estimate of drug-likeness (QED) is 0.0175. The molecule has 0 aliphatic carbocycles. The number of hydrogen-bond acceptors (Lipinski definition) is 14. The number of anilines is 1. The Bertz CT molecular complexity index is 4880. The average molecular weight is 1720 g/mol. The fraction of sp³-hybridized carbons (Fsp3) is 0.333. The number of halogens is 6. The molecule has 35 heteroatoms. The molecule has 1 aliphatic heterocycles. The van der Waals surface area contributed by atoms with Gasteiger partial charge in [-0.25, -0.2) is 22.1 Å². The second kappa shape index (κ2) is 48.7. The number of fused-ring (bicyclic) bond motifs is 4. The number of ketones is 1. The number of nitrogens with two attached hydrogens (primary N) is 3. The van der Waals surface area contributed by atoms with Crippen LogP contribution in [0.5, 0.6) is 0 Å². The molecule has 107 heavy (non-hydrogen) atoms. The number of carbonyl (C=O) groups is 3. The molecular formula is C72H98BCl6N9NaO12S6. The fourth-order valence-electron chi connectivity index (χ4n) is 8.17. The van der Waals surface area contributed by atoms with Crippen molar-refractivity contribution in [3.63, 3.8) is 0 Å². The second-order valence-electron chi connectivity index (χ2n) is 25.6. The van der Waals surface area contributed by atoms with Crippen LogP contribution in [0, 0.1) is 0 Å². The van der Waals surface area contributed by atoms with Crippen molar-refractivity contribution in [1.29, 1.82) is 0 Å². The topological polar surface area (TPSA) is 355 Å². The molecule has 4 aromatic heterocycles. The number of aldehydes is 1. The first kappa shape index (κ1) is 111. The Hall–Kier alpha value is -5.06. The third-order valence-corrected chi connectivity index (χ3v) is 19.0. The van der Waals surface area contributed by atoms with Gasteiger partial charge in [0.1, 0.15) is 16.7 Å². The van der Waals surface area contributed by atoms with Gasteiger partial charge in [-0.2, -0.15) is 44.9 Å². The summed E-state index contributed by atoms with van der Waals surface area (Å²) in [6.45, 7) is 28.4. The minimum atomic E-state index is -1.41. The third-order valence-electron chi connectivity index (χ3n) is 13.4. The Morgan fingerprint density at radius 3 is 1.26 bits per heavy atom. The van der Waals surface area contributed by atoms with E-state index in [1.165, 1.54) is 19.1 Å². The van der Waals surface area contributed by atoms with E-state index in [1.807, 2.05) is 69.2 Å². The first-order chi connectivity index (χ1) is 45.7. The van der Waals surface area contributed by atoms with Gasteiger partial charge in [-0.3, -0.25) is 33.9 Å². The zero-order chi connectivity index (χ0) is 75.0. The number of carbonyl (C=O) groups excluding carboxylic acids is 3. The van der Waals surface area contributed by atoms with Crippen LogP contribution in [0.3, 0.4) is 0 Å². The number of ether oxygens (including phenoxy) is 2. The molecule has 0 unspecified atom stereocenters. The van der Waals surface area contributed by atoms with Crippen LogP contribution in [-0.2, 0) is 47.2 Å². The van der Waals surface area contributed by atoms with E-state index in [1.54, 1.807) is 144 Å². The minimum Gasteiger partial charge on any atom is -1.00 e. The second-order valence-corrected chi connectivity index (χ2v) is 33.5. The number of rotatable bonds is 8. The summed E-state index contributed by atoms with van der Waals surface area (Å²) in [5, 5.41) is 11.3. The van der Waals surface area contributed by atoms with Gasteiger partial charge >= 0.3 is 35.5 Å². The van der Waals surface area contributed by atoms with Crippen LogP contribution in [-0.4, -0.2) is 84.8 Å². The van der Waals surface area contributed by atoms with E-state index >= 15 is 0 Å². The van der Waals surface area contributed by atoms with Gasteiger partial charge in [-0.15, -0.1) is 12.4 Å². The van der Waals surface area contributed by atoms with Crippen LogP contribution in [0.2, 0.25) is 25.1 Å². The van der Waals surface area contributed by atoms with Gasteiger partial charge in [0.15, 0.2) is 12.1 Å². The van der Waals surface area contributed by atoms with Crippen molar-refractivity contribution >= 4 is 225 Å². The van der Waals surface area contributed by atoms with Gasteiger partial charge in [-0.05, 0) is 212 Å². The molecule has 11 N–H and O–H groups in total. The molecule has 0 amide bonds. The maximum absolute atomic E-state index is 12.2. The predicted molar refractivity (Wildman–Crippen MR) is 468 cm³/mol. The van der Waals surface area contributed by atoms with Gasteiger partial charge in [0.25, 0.3) is 22.2 Å². The molecule has 0 bridgehead atoms. The molecule has 5 aromatic carbocycles.